The first-order valence-electron chi connectivity index (χ1n) is 5.88. The van der Waals surface area contributed by atoms with E-state index in [-0.39, 0.29) is 19.2 Å². The first-order chi connectivity index (χ1) is 9.15. The molecule has 9 heteroatoms. The molecule has 0 aliphatic carbocycles. The molecular formula is C10H16N2O6S. The van der Waals surface area contributed by atoms with Crippen LogP contribution in [0.1, 0.15) is 12.8 Å². The van der Waals surface area contributed by atoms with Crippen LogP contribution in [0.2, 0.25) is 0 Å². The standard InChI is InChI=1S/C10H16N2O6S/c13-8-11-3-1-2-9(11)10(14)17-4-6-19-7-5-18-12(15)16/h8-9H,1-7H2. The quantitative estimate of drug-likeness (QED) is 0.195. The topological polar surface area (TPSA) is 99.0 Å². The van der Waals surface area contributed by atoms with Gasteiger partial charge in [-0.2, -0.15) is 11.8 Å². The molecule has 1 fully saturated rings. The van der Waals surface area contributed by atoms with E-state index in [0.717, 1.165) is 6.42 Å². The molecule has 1 aliphatic heterocycles. The SMILES string of the molecule is O=CN1CCCC1C(=O)OCCSCCO[N+](=O)[O-]. The fraction of sp³-hybridized carbons (Fsp3) is 0.800. The van der Waals surface area contributed by atoms with Crippen LogP contribution < -0.4 is 0 Å². The van der Waals surface area contributed by atoms with Crippen LogP contribution in [0.4, 0.5) is 0 Å². The van der Waals surface area contributed by atoms with Crippen LogP contribution in [-0.4, -0.2) is 59.7 Å². The molecule has 0 saturated carbocycles. The minimum Gasteiger partial charge on any atom is -0.463 e. The molecule has 0 radical (unpaired) electrons. The summed E-state index contributed by atoms with van der Waals surface area (Å²) in [4.78, 5) is 37.7. The van der Waals surface area contributed by atoms with Gasteiger partial charge in [0, 0.05) is 18.1 Å². The predicted molar refractivity (Wildman–Crippen MR) is 67.0 cm³/mol. The van der Waals surface area contributed by atoms with Gasteiger partial charge in [0.15, 0.2) is 0 Å². The Balaban J connectivity index is 2.04. The highest BCUT2D eigenvalue weighted by molar-refractivity contribution is 7.99. The first-order valence-corrected chi connectivity index (χ1v) is 7.03. The number of esters is 1. The number of hydrogen-bond acceptors (Lipinski definition) is 7. The molecule has 0 spiro atoms. The van der Waals surface area contributed by atoms with Gasteiger partial charge in [-0.3, -0.25) is 4.79 Å². The van der Waals surface area contributed by atoms with Gasteiger partial charge >= 0.3 is 5.97 Å². The Labute approximate surface area is 114 Å². The summed E-state index contributed by atoms with van der Waals surface area (Å²) < 4.78 is 5.05. The Morgan fingerprint density at radius 3 is 2.89 bits per heavy atom. The monoisotopic (exact) mass is 292 g/mol. The zero-order valence-corrected chi connectivity index (χ0v) is 11.2. The van der Waals surface area contributed by atoms with E-state index < -0.39 is 11.1 Å². The summed E-state index contributed by atoms with van der Waals surface area (Å²) in [6, 6.07) is -0.458. The van der Waals surface area contributed by atoms with Crippen LogP contribution in [0, 0.1) is 10.1 Å². The summed E-state index contributed by atoms with van der Waals surface area (Å²) in [5, 5.41) is 9.02. The van der Waals surface area contributed by atoms with Crippen LogP contribution in [0.25, 0.3) is 0 Å². The Morgan fingerprint density at radius 1 is 1.47 bits per heavy atom. The summed E-state index contributed by atoms with van der Waals surface area (Å²) in [7, 11) is 0. The molecule has 0 aromatic heterocycles. The molecule has 0 bridgehead atoms. The maximum atomic E-state index is 11.6. The zero-order valence-electron chi connectivity index (χ0n) is 10.4. The van der Waals surface area contributed by atoms with Gasteiger partial charge in [0.05, 0.1) is 0 Å². The number of ether oxygens (including phenoxy) is 1. The average molecular weight is 292 g/mol. The maximum Gasteiger partial charge on any atom is 0.328 e. The van der Waals surface area contributed by atoms with Crippen molar-refractivity contribution in [2.75, 3.05) is 31.3 Å². The molecule has 1 saturated heterocycles. The van der Waals surface area contributed by atoms with E-state index >= 15 is 0 Å². The minimum absolute atomic E-state index is 0.0210. The molecule has 1 atom stereocenters. The number of rotatable bonds is 9. The fourth-order valence-corrected chi connectivity index (χ4v) is 2.34. The van der Waals surface area contributed by atoms with Crippen molar-refractivity contribution in [3.63, 3.8) is 0 Å². The second-order valence-electron chi connectivity index (χ2n) is 3.84. The predicted octanol–water partition coefficient (Wildman–Crippen LogP) is 0.0919. The van der Waals surface area contributed by atoms with E-state index in [2.05, 4.69) is 4.84 Å². The van der Waals surface area contributed by atoms with Gasteiger partial charge in [0.2, 0.25) is 6.41 Å². The number of amides is 1. The molecule has 0 aromatic carbocycles. The first kappa shape index (κ1) is 15.5. The lowest BCUT2D eigenvalue weighted by molar-refractivity contribution is -0.756. The molecule has 0 N–H and O–H groups in total. The third-order valence-corrected chi connectivity index (χ3v) is 3.51. The van der Waals surface area contributed by atoms with Crippen molar-refractivity contribution in [1.29, 1.82) is 0 Å². The van der Waals surface area contributed by atoms with Crippen LogP contribution in [0.15, 0.2) is 0 Å². The van der Waals surface area contributed by atoms with Crippen LogP contribution >= 0.6 is 11.8 Å². The minimum atomic E-state index is -0.839. The lowest BCUT2D eigenvalue weighted by Gasteiger charge is -2.18. The van der Waals surface area contributed by atoms with Crippen molar-refractivity contribution in [2.45, 2.75) is 18.9 Å². The Bertz CT molecular complexity index is 327. The molecule has 0 aromatic rings. The average Bonchev–Trinajstić information content (AvgIpc) is 2.85. The summed E-state index contributed by atoms with van der Waals surface area (Å²) in [5.74, 6) is 0.620. The van der Waals surface area contributed by atoms with Gasteiger partial charge in [0.25, 0.3) is 5.09 Å². The Morgan fingerprint density at radius 2 is 2.21 bits per heavy atom. The molecule has 1 rings (SSSR count). The number of hydrogen-bond donors (Lipinski definition) is 0. The highest BCUT2D eigenvalue weighted by Crippen LogP contribution is 2.16. The lowest BCUT2D eigenvalue weighted by atomic mass is 10.2. The highest BCUT2D eigenvalue weighted by atomic mass is 32.2. The summed E-state index contributed by atoms with van der Waals surface area (Å²) in [6.07, 6.45) is 2.12. The largest absolute Gasteiger partial charge is 0.463 e. The van der Waals surface area contributed by atoms with Gasteiger partial charge in [-0.1, -0.05) is 0 Å². The van der Waals surface area contributed by atoms with Crippen molar-refractivity contribution in [1.82, 2.24) is 4.90 Å². The molecule has 1 heterocycles. The highest BCUT2D eigenvalue weighted by Gasteiger charge is 2.30. The smallest absolute Gasteiger partial charge is 0.328 e. The van der Waals surface area contributed by atoms with Crippen LogP contribution in [-0.2, 0) is 19.2 Å². The molecule has 19 heavy (non-hydrogen) atoms. The fourth-order valence-electron chi connectivity index (χ4n) is 1.74. The number of nitrogens with zero attached hydrogens (tertiary/aromatic N) is 2. The normalized spacial score (nSPS) is 18.1. The van der Waals surface area contributed by atoms with Crippen molar-refractivity contribution in [2.24, 2.45) is 0 Å². The Kier molecular flexibility index (Phi) is 7.01. The van der Waals surface area contributed by atoms with Crippen molar-refractivity contribution >= 4 is 24.1 Å². The third-order valence-electron chi connectivity index (χ3n) is 2.60. The summed E-state index contributed by atoms with van der Waals surface area (Å²) in [6.45, 7) is 0.842. The molecule has 108 valence electrons. The van der Waals surface area contributed by atoms with Gasteiger partial charge in [-0.15, -0.1) is 10.1 Å². The second-order valence-corrected chi connectivity index (χ2v) is 5.06. The molecule has 1 aliphatic rings. The summed E-state index contributed by atoms with van der Waals surface area (Å²) >= 11 is 1.40. The second kappa shape index (κ2) is 8.57. The number of thioether (sulfide) groups is 1. The molecule has 8 nitrogen and oxygen atoms in total. The van der Waals surface area contributed by atoms with Crippen molar-refractivity contribution < 1.29 is 24.3 Å². The molecule has 1 unspecified atom stereocenters. The maximum absolute atomic E-state index is 11.6. The van der Waals surface area contributed by atoms with E-state index in [0.29, 0.717) is 30.9 Å². The van der Waals surface area contributed by atoms with Gasteiger partial charge in [-0.05, 0) is 12.8 Å². The third kappa shape index (κ3) is 5.77. The van der Waals surface area contributed by atoms with Crippen LogP contribution in [0.3, 0.4) is 0 Å². The zero-order chi connectivity index (χ0) is 14.1. The summed E-state index contributed by atoms with van der Waals surface area (Å²) in [5.41, 5.74) is 0. The van der Waals surface area contributed by atoms with Gasteiger partial charge in [0.1, 0.15) is 19.3 Å². The van der Waals surface area contributed by atoms with E-state index in [9.17, 15) is 19.7 Å². The Hall–Kier alpha value is -1.51. The van der Waals surface area contributed by atoms with Crippen molar-refractivity contribution in [3.05, 3.63) is 10.1 Å². The van der Waals surface area contributed by atoms with E-state index in [1.54, 1.807) is 0 Å². The number of carbonyl (C=O) groups excluding carboxylic acids is 2. The molecular weight excluding hydrogens is 276 g/mol. The van der Waals surface area contributed by atoms with E-state index in [1.165, 1.54) is 16.7 Å². The van der Waals surface area contributed by atoms with E-state index in [4.69, 9.17) is 4.74 Å². The van der Waals surface area contributed by atoms with Crippen LogP contribution in [0.5, 0.6) is 0 Å². The lowest BCUT2D eigenvalue weighted by Crippen LogP contribution is -2.36. The van der Waals surface area contributed by atoms with Gasteiger partial charge in [-0.25, -0.2) is 4.79 Å². The van der Waals surface area contributed by atoms with E-state index in [1.807, 2.05) is 0 Å². The van der Waals surface area contributed by atoms with Crippen molar-refractivity contribution in [3.8, 4) is 0 Å². The van der Waals surface area contributed by atoms with Gasteiger partial charge < -0.3 is 14.5 Å². The molecule has 1 amide bonds. The number of carbonyl (C=O) groups is 2. The number of likely N-dealkylation sites (tertiary alicyclic amines) is 1.